The zero-order chi connectivity index (χ0) is 21.3. The van der Waals surface area contributed by atoms with Crippen molar-refractivity contribution in [1.82, 2.24) is 4.98 Å². The molecule has 1 N–H and O–H groups in total. The third-order valence-electron chi connectivity index (χ3n) is 7.30. The van der Waals surface area contributed by atoms with Crippen molar-refractivity contribution in [3.8, 4) is 0 Å². The summed E-state index contributed by atoms with van der Waals surface area (Å²) in [6.45, 7) is 8.92. The first kappa shape index (κ1) is 20.5. The van der Waals surface area contributed by atoms with Crippen LogP contribution in [0.5, 0.6) is 0 Å². The molecule has 160 valence electrons. The molecule has 1 aliphatic heterocycles. The Labute approximate surface area is 184 Å². The Hall–Kier alpha value is -1.42. The third-order valence-corrected chi connectivity index (χ3v) is 7.55. The van der Waals surface area contributed by atoms with E-state index in [9.17, 15) is 5.11 Å². The van der Waals surface area contributed by atoms with Crippen LogP contribution in [0.15, 0.2) is 24.3 Å². The standard InChI is InChI=1S/C26H32ClNO2/c1-15(2)23-21-22(20-18(28-23)13-25(3,4)14-19(20)29)26(11-5-6-12-26)30-24(21)16-7-9-17(27)10-8-16/h7-10,15,19,24,29H,5-6,11-14H2,1-4H3/t19-,24?/m0/s1. The molecule has 1 unspecified atom stereocenters. The van der Waals surface area contributed by atoms with Crippen LogP contribution in [0, 0.1) is 5.41 Å². The molecule has 0 radical (unpaired) electrons. The Bertz CT molecular complexity index is 974. The highest BCUT2D eigenvalue weighted by molar-refractivity contribution is 6.30. The Balaban J connectivity index is 1.79. The fourth-order valence-corrected chi connectivity index (χ4v) is 6.18. The van der Waals surface area contributed by atoms with Gasteiger partial charge in [-0.3, -0.25) is 4.98 Å². The zero-order valence-electron chi connectivity index (χ0n) is 18.5. The van der Waals surface area contributed by atoms with Gasteiger partial charge in [0.1, 0.15) is 6.10 Å². The van der Waals surface area contributed by atoms with Crippen LogP contribution in [0.1, 0.15) is 112 Å². The van der Waals surface area contributed by atoms with Gasteiger partial charge < -0.3 is 9.84 Å². The number of rotatable bonds is 2. The fraction of sp³-hybridized carbons (Fsp3) is 0.577. The number of ether oxygens (including phenoxy) is 1. The highest BCUT2D eigenvalue weighted by Gasteiger charge is 2.52. The minimum absolute atomic E-state index is 0.0553. The summed E-state index contributed by atoms with van der Waals surface area (Å²) in [4.78, 5) is 5.21. The molecule has 0 bridgehead atoms. The highest BCUT2D eigenvalue weighted by Crippen LogP contribution is 2.59. The van der Waals surface area contributed by atoms with E-state index < -0.39 is 6.10 Å². The zero-order valence-corrected chi connectivity index (χ0v) is 19.2. The van der Waals surface area contributed by atoms with Crippen LogP contribution >= 0.6 is 11.6 Å². The maximum atomic E-state index is 11.3. The van der Waals surface area contributed by atoms with E-state index in [0.29, 0.717) is 5.92 Å². The lowest BCUT2D eigenvalue weighted by Gasteiger charge is -2.38. The molecule has 2 aromatic rings. The Kier molecular flexibility index (Phi) is 4.81. The van der Waals surface area contributed by atoms with Gasteiger partial charge in [-0.25, -0.2) is 0 Å². The van der Waals surface area contributed by atoms with Crippen molar-refractivity contribution in [3.63, 3.8) is 0 Å². The van der Waals surface area contributed by atoms with Crippen molar-refractivity contribution < 1.29 is 9.84 Å². The van der Waals surface area contributed by atoms with Gasteiger partial charge in [0.15, 0.2) is 0 Å². The predicted octanol–water partition coefficient (Wildman–Crippen LogP) is 6.75. The fourth-order valence-electron chi connectivity index (χ4n) is 6.05. The summed E-state index contributed by atoms with van der Waals surface area (Å²) < 4.78 is 6.97. The van der Waals surface area contributed by atoms with Crippen molar-refractivity contribution >= 4 is 11.6 Å². The van der Waals surface area contributed by atoms with E-state index in [1.807, 2.05) is 12.1 Å². The van der Waals surface area contributed by atoms with Crippen LogP contribution in [0.2, 0.25) is 5.02 Å². The molecule has 1 fully saturated rings. The maximum Gasteiger partial charge on any atom is 0.111 e. The van der Waals surface area contributed by atoms with Gasteiger partial charge in [0, 0.05) is 27.5 Å². The van der Waals surface area contributed by atoms with E-state index in [-0.39, 0.29) is 17.1 Å². The first-order valence-corrected chi connectivity index (χ1v) is 11.8. The number of aliphatic hydroxyl groups excluding tert-OH is 1. The molecular formula is C26H32ClNO2. The van der Waals surface area contributed by atoms with E-state index >= 15 is 0 Å². The minimum atomic E-state index is -0.476. The average Bonchev–Trinajstić information content (AvgIpc) is 3.26. The Morgan fingerprint density at radius 3 is 2.40 bits per heavy atom. The number of benzene rings is 1. The van der Waals surface area contributed by atoms with Crippen LogP contribution in [-0.2, 0) is 16.8 Å². The number of hydrogen-bond donors (Lipinski definition) is 1. The lowest BCUT2D eigenvalue weighted by molar-refractivity contribution is -0.0580. The normalized spacial score (nSPS) is 26.2. The summed E-state index contributed by atoms with van der Waals surface area (Å²) in [5.74, 6) is 0.293. The van der Waals surface area contributed by atoms with Gasteiger partial charge in [-0.05, 0) is 60.3 Å². The van der Waals surface area contributed by atoms with E-state index in [2.05, 4.69) is 39.8 Å². The average molecular weight is 426 g/mol. The molecule has 5 rings (SSSR count). The van der Waals surface area contributed by atoms with Crippen LogP contribution in [0.25, 0.3) is 0 Å². The summed E-state index contributed by atoms with van der Waals surface area (Å²) in [6, 6.07) is 8.04. The molecule has 0 amide bonds. The summed E-state index contributed by atoms with van der Waals surface area (Å²) >= 11 is 6.18. The SMILES string of the molecule is CC(C)c1nc2c(c3c1C(c1ccc(Cl)cc1)OC31CCCC1)[C@@H](O)CC(C)(C)C2. The molecule has 2 aliphatic carbocycles. The number of fused-ring (bicyclic) bond motifs is 4. The molecule has 1 aromatic carbocycles. The molecule has 30 heavy (non-hydrogen) atoms. The van der Waals surface area contributed by atoms with Gasteiger partial charge in [0.2, 0.25) is 0 Å². The molecule has 3 nitrogen and oxygen atoms in total. The smallest absolute Gasteiger partial charge is 0.111 e. The van der Waals surface area contributed by atoms with Crippen LogP contribution in [-0.4, -0.2) is 10.1 Å². The van der Waals surface area contributed by atoms with E-state index in [1.165, 1.54) is 24.0 Å². The van der Waals surface area contributed by atoms with Crippen molar-refractivity contribution in [2.75, 3.05) is 0 Å². The molecule has 1 spiro atoms. The number of nitrogens with zero attached hydrogens (tertiary/aromatic N) is 1. The molecule has 2 heterocycles. The Morgan fingerprint density at radius 1 is 1.10 bits per heavy atom. The van der Waals surface area contributed by atoms with E-state index in [1.54, 1.807) is 0 Å². The second-order valence-electron chi connectivity index (χ2n) is 10.6. The highest BCUT2D eigenvalue weighted by atomic mass is 35.5. The van der Waals surface area contributed by atoms with E-state index in [0.717, 1.165) is 53.2 Å². The molecular weight excluding hydrogens is 394 g/mol. The molecule has 1 saturated carbocycles. The number of hydrogen-bond acceptors (Lipinski definition) is 3. The second kappa shape index (κ2) is 7.05. The van der Waals surface area contributed by atoms with Crippen molar-refractivity contribution in [2.45, 2.75) is 89.9 Å². The predicted molar refractivity (Wildman–Crippen MR) is 120 cm³/mol. The van der Waals surface area contributed by atoms with Crippen molar-refractivity contribution in [1.29, 1.82) is 0 Å². The maximum absolute atomic E-state index is 11.3. The first-order valence-electron chi connectivity index (χ1n) is 11.4. The Morgan fingerprint density at radius 2 is 1.77 bits per heavy atom. The number of halogens is 1. The number of aromatic nitrogens is 1. The van der Waals surface area contributed by atoms with Crippen molar-refractivity contribution in [3.05, 3.63) is 62.9 Å². The van der Waals surface area contributed by atoms with E-state index in [4.69, 9.17) is 21.3 Å². The summed E-state index contributed by atoms with van der Waals surface area (Å²) in [5, 5.41) is 12.0. The quantitative estimate of drug-likeness (QED) is 0.578. The van der Waals surface area contributed by atoms with Gasteiger partial charge in [0.05, 0.1) is 11.7 Å². The molecule has 0 saturated heterocycles. The van der Waals surface area contributed by atoms with Crippen LogP contribution in [0.3, 0.4) is 0 Å². The largest absolute Gasteiger partial charge is 0.388 e. The molecule has 4 heteroatoms. The first-order chi connectivity index (χ1) is 14.2. The van der Waals surface area contributed by atoms with Gasteiger partial charge in [-0.15, -0.1) is 0 Å². The van der Waals surface area contributed by atoms with Gasteiger partial charge in [-0.2, -0.15) is 0 Å². The van der Waals surface area contributed by atoms with Gasteiger partial charge >= 0.3 is 0 Å². The molecule has 2 atom stereocenters. The topological polar surface area (TPSA) is 42.4 Å². The number of pyridine rings is 1. The molecule has 1 aromatic heterocycles. The second-order valence-corrected chi connectivity index (χ2v) is 11.0. The minimum Gasteiger partial charge on any atom is -0.388 e. The van der Waals surface area contributed by atoms with Crippen LogP contribution in [0.4, 0.5) is 0 Å². The summed E-state index contributed by atoms with van der Waals surface area (Å²) in [5.41, 5.74) is 6.68. The van der Waals surface area contributed by atoms with Crippen molar-refractivity contribution in [2.24, 2.45) is 5.41 Å². The number of aliphatic hydroxyl groups is 1. The van der Waals surface area contributed by atoms with Crippen LogP contribution < -0.4 is 0 Å². The molecule has 3 aliphatic rings. The van der Waals surface area contributed by atoms with Gasteiger partial charge in [0.25, 0.3) is 0 Å². The van der Waals surface area contributed by atoms with Gasteiger partial charge in [-0.1, -0.05) is 64.3 Å². The lowest BCUT2D eigenvalue weighted by atomic mass is 9.70. The summed E-state index contributed by atoms with van der Waals surface area (Å²) in [6.07, 6.45) is 5.45. The third kappa shape index (κ3) is 3.13. The lowest BCUT2D eigenvalue weighted by Crippen LogP contribution is -2.32. The monoisotopic (exact) mass is 425 g/mol. The summed E-state index contributed by atoms with van der Waals surface area (Å²) in [7, 11) is 0.